The predicted molar refractivity (Wildman–Crippen MR) is 63.1 cm³/mol. The molecule has 0 spiro atoms. The Morgan fingerprint density at radius 1 is 1.36 bits per heavy atom. The highest BCUT2D eigenvalue weighted by Gasteiger charge is 2.02. The summed E-state index contributed by atoms with van der Waals surface area (Å²) < 4.78 is 0. The molecule has 1 rings (SSSR count). The van der Waals surface area contributed by atoms with Crippen LogP contribution in [0.4, 0.5) is 0 Å². The van der Waals surface area contributed by atoms with Crippen molar-refractivity contribution in [1.82, 2.24) is 4.90 Å². The summed E-state index contributed by atoms with van der Waals surface area (Å²) in [6.45, 7) is 4.99. The third-order valence-electron chi connectivity index (χ3n) is 2.14. The van der Waals surface area contributed by atoms with E-state index in [1.165, 1.54) is 5.56 Å². The zero-order valence-corrected chi connectivity index (χ0v) is 9.85. The number of halogens is 2. The van der Waals surface area contributed by atoms with Crippen LogP contribution in [0, 0.1) is 0 Å². The highest BCUT2D eigenvalue weighted by Crippen LogP contribution is 2.12. The molecular formula is C11H15Cl2N. The Kier molecular flexibility index (Phi) is 5.31. The molecule has 0 aromatic heterocycles. The van der Waals surface area contributed by atoms with E-state index in [0.717, 1.165) is 24.7 Å². The molecule has 0 amide bonds. The summed E-state index contributed by atoms with van der Waals surface area (Å²) in [5.74, 6) is 0.675. The number of hydrogen-bond donors (Lipinski definition) is 0. The summed E-state index contributed by atoms with van der Waals surface area (Å²) >= 11 is 11.6. The third-order valence-corrected chi connectivity index (χ3v) is 2.55. The lowest BCUT2D eigenvalue weighted by Crippen LogP contribution is -2.24. The first-order valence-electron chi connectivity index (χ1n) is 4.79. The van der Waals surface area contributed by atoms with Crippen molar-refractivity contribution in [3.05, 3.63) is 34.9 Å². The predicted octanol–water partition coefficient (Wildman–Crippen LogP) is 3.40. The fraction of sp³-hybridized carbons (Fsp3) is 0.455. The zero-order chi connectivity index (χ0) is 10.4. The van der Waals surface area contributed by atoms with Gasteiger partial charge in [-0.3, -0.25) is 4.90 Å². The minimum absolute atomic E-state index is 0.675. The Hall–Kier alpha value is -0.240. The van der Waals surface area contributed by atoms with Gasteiger partial charge < -0.3 is 0 Å². The minimum Gasteiger partial charge on any atom is -0.298 e. The summed E-state index contributed by atoms with van der Waals surface area (Å²) in [5, 5.41) is 0.796. The first kappa shape index (κ1) is 11.8. The van der Waals surface area contributed by atoms with E-state index in [-0.39, 0.29) is 0 Å². The lowest BCUT2D eigenvalue weighted by molar-refractivity contribution is 0.297. The summed E-state index contributed by atoms with van der Waals surface area (Å²) in [6.07, 6.45) is 0. The molecule has 0 N–H and O–H groups in total. The summed E-state index contributed by atoms with van der Waals surface area (Å²) in [4.78, 5) is 2.29. The Morgan fingerprint density at radius 3 is 2.71 bits per heavy atom. The molecular weight excluding hydrogens is 217 g/mol. The van der Waals surface area contributed by atoms with Crippen molar-refractivity contribution in [2.75, 3.05) is 19.0 Å². The van der Waals surface area contributed by atoms with Gasteiger partial charge in [-0.2, -0.15) is 0 Å². The lowest BCUT2D eigenvalue weighted by Gasteiger charge is -2.18. The molecule has 78 valence electrons. The van der Waals surface area contributed by atoms with Crippen molar-refractivity contribution in [3.8, 4) is 0 Å². The second-order valence-electron chi connectivity index (χ2n) is 3.19. The molecule has 0 unspecified atom stereocenters. The molecule has 0 aliphatic heterocycles. The highest BCUT2D eigenvalue weighted by atomic mass is 35.5. The fourth-order valence-corrected chi connectivity index (χ4v) is 1.81. The van der Waals surface area contributed by atoms with Crippen LogP contribution in [0.5, 0.6) is 0 Å². The van der Waals surface area contributed by atoms with Gasteiger partial charge in [-0.15, -0.1) is 11.6 Å². The van der Waals surface area contributed by atoms with Crippen molar-refractivity contribution in [3.63, 3.8) is 0 Å². The van der Waals surface area contributed by atoms with Crippen molar-refractivity contribution in [2.45, 2.75) is 13.5 Å². The maximum Gasteiger partial charge on any atom is 0.0409 e. The third kappa shape index (κ3) is 3.87. The molecule has 0 radical (unpaired) electrons. The van der Waals surface area contributed by atoms with Crippen LogP contribution in [-0.2, 0) is 6.54 Å². The van der Waals surface area contributed by atoms with E-state index in [1.807, 2.05) is 18.2 Å². The van der Waals surface area contributed by atoms with Crippen LogP contribution >= 0.6 is 23.2 Å². The summed E-state index contributed by atoms with van der Waals surface area (Å²) in [5.41, 5.74) is 1.24. The lowest BCUT2D eigenvalue weighted by atomic mass is 10.2. The monoisotopic (exact) mass is 231 g/mol. The zero-order valence-electron chi connectivity index (χ0n) is 8.34. The van der Waals surface area contributed by atoms with Crippen LogP contribution in [0.2, 0.25) is 5.02 Å². The van der Waals surface area contributed by atoms with Gasteiger partial charge in [0.2, 0.25) is 0 Å². The van der Waals surface area contributed by atoms with Crippen LogP contribution in [0.15, 0.2) is 24.3 Å². The topological polar surface area (TPSA) is 3.24 Å². The number of hydrogen-bond acceptors (Lipinski definition) is 1. The first-order valence-corrected chi connectivity index (χ1v) is 5.70. The largest absolute Gasteiger partial charge is 0.298 e. The molecule has 0 bridgehead atoms. The van der Waals surface area contributed by atoms with Gasteiger partial charge in [0.25, 0.3) is 0 Å². The fourth-order valence-electron chi connectivity index (χ4n) is 1.36. The maximum atomic E-state index is 5.90. The second kappa shape index (κ2) is 6.28. The van der Waals surface area contributed by atoms with Gasteiger partial charge in [0.1, 0.15) is 0 Å². The SMILES string of the molecule is CCN(CCCl)Cc1cccc(Cl)c1. The van der Waals surface area contributed by atoms with Gasteiger partial charge in [-0.1, -0.05) is 30.7 Å². The Balaban J connectivity index is 2.57. The van der Waals surface area contributed by atoms with E-state index >= 15 is 0 Å². The van der Waals surface area contributed by atoms with Gasteiger partial charge in [0, 0.05) is 24.0 Å². The Bertz CT molecular complexity index is 276. The van der Waals surface area contributed by atoms with E-state index in [9.17, 15) is 0 Å². The van der Waals surface area contributed by atoms with Crippen LogP contribution in [0.3, 0.4) is 0 Å². The van der Waals surface area contributed by atoms with Crippen LogP contribution in [0.1, 0.15) is 12.5 Å². The maximum absolute atomic E-state index is 5.90. The summed E-state index contributed by atoms with van der Waals surface area (Å²) in [6, 6.07) is 7.95. The Morgan fingerprint density at radius 2 is 2.14 bits per heavy atom. The Labute approximate surface area is 95.6 Å². The molecule has 14 heavy (non-hydrogen) atoms. The van der Waals surface area contributed by atoms with Gasteiger partial charge >= 0.3 is 0 Å². The molecule has 0 saturated carbocycles. The van der Waals surface area contributed by atoms with Gasteiger partial charge in [-0.05, 0) is 24.2 Å². The number of alkyl halides is 1. The first-order chi connectivity index (χ1) is 6.76. The quantitative estimate of drug-likeness (QED) is 0.703. The van der Waals surface area contributed by atoms with Gasteiger partial charge in [0.15, 0.2) is 0 Å². The molecule has 0 fully saturated rings. The smallest absolute Gasteiger partial charge is 0.0409 e. The molecule has 0 heterocycles. The highest BCUT2D eigenvalue weighted by molar-refractivity contribution is 6.30. The molecule has 1 aromatic carbocycles. The molecule has 0 aliphatic rings. The van der Waals surface area contributed by atoms with E-state index in [4.69, 9.17) is 23.2 Å². The van der Waals surface area contributed by atoms with Crippen LogP contribution < -0.4 is 0 Å². The number of benzene rings is 1. The standard InChI is InChI=1S/C11H15Cl2N/c1-2-14(7-6-12)9-10-4-3-5-11(13)8-10/h3-5,8H,2,6-7,9H2,1H3. The van der Waals surface area contributed by atoms with E-state index in [1.54, 1.807) is 0 Å². The van der Waals surface area contributed by atoms with E-state index < -0.39 is 0 Å². The minimum atomic E-state index is 0.675. The van der Waals surface area contributed by atoms with Crippen LogP contribution in [-0.4, -0.2) is 23.9 Å². The van der Waals surface area contributed by atoms with Crippen molar-refractivity contribution in [1.29, 1.82) is 0 Å². The van der Waals surface area contributed by atoms with E-state index in [0.29, 0.717) is 5.88 Å². The average Bonchev–Trinajstić information content (AvgIpc) is 2.17. The molecule has 0 atom stereocenters. The average molecular weight is 232 g/mol. The van der Waals surface area contributed by atoms with Crippen molar-refractivity contribution >= 4 is 23.2 Å². The van der Waals surface area contributed by atoms with Gasteiger partial charge in [-0.25, -0.2) is 0 Å². The van der Waals surface area contributed by atoms with Crippen LogP contribution in [0.25, 0.3) is 0 Å². The summed E-state index contributed by atoms with van der Waals surface area (Å²) in [7, 11) is 0. The number of nitrogens with zero attached hydrogens (tertiary/aromatic N) is 1. The molecule has 0 aliphatic carbocycles. The van der Waals surface area contributed by atoms with Crippen molar-refractivity contribution < 1.29 is 0 Å². The molecule has 1 aromatic rings. The van der Waals surface area contributed by atoms with Crippen molar-refractivity contribution in [2.24, 2.45) is 0 Å². The molecule has 0 saturated heterocycles. The molecule has 3 heteroatoms. The van der Waals surface area contributed by atoms with Gasteiger partial charge in [0.05, 0.1) is 0 Å². The number of rotatable bonds is 5. The van der Waals surface area contributed by atoms with E-state index in [2.05, 4.69) is 17.9 Å². The second-order valence-corrected chi connectivity index (χ2v) is 4.00. The normalized spacial score (nSPS) is 10.9. The molecule has 1 nitrogen and oxygen atoms in total.